The molecule has 0 saturated heterocycles. The molecule has 0 atom stereocenters. The van der Waals surface area contributed by atoms with Gasteiger partial charge in [-0.25, -0.2) is 0 Å². The average molecular weight is 314 g/mol. The summed E-state index contributed by atoms with van der Waals surface area (Å²) in [6, 6.07) is 9.23. The lowest BCUT2D eigenvalue weighted by Gasteiger charge is -2.27. The monoisotopic (exact) mass is 314 g/mol. The molecule has 0 aliphatic heterocycles. The first kappa shape index (κ1) is 18.5. The largest absolute Gasteiger partial charge is 0.401 e. The van der Waals surface area contributed by atoms with Gasteiger partial charge in [-0.05, 0) is 31.4 Å². The van der Waals surface area contributed by atoms with Crippen molar-refractivity contribution < 1.29 is 18.3 Å². The summed E-state index contributed by atoms with van der Waals surface area (Å²) in [5, 5.41) is 18.1. The molecule has 3 nitrogen and oxygen atoms in total. The number of halogens is 3. The summed E-state index contributed by atoms with van der Waals surface area (Å²) in [4.78, 5) is 1.25. The van der Waals surface area contributed by atoms with Crippen molar-refractivity contribution in [1.82, 2.24) is 4.90 Å². The van der Waals surface area contributed by atoms with Gasteiger partial charge in [-0.1, -0.05) is 24.3 Å². The van der Waals surface area contributed by atoms with Crippen LogP contribution in [0.2, 0.25) is 0 Å². The van der Waals surface area contributed by atoms with Crippen molar-refractivity contribution in [2.45, 2.75) is 38.4 Å². The minimum atomic E-state index is -4.30. The Morgan fingerprint density at radius 3 is 2.41 bits per heavy atom. The van der Waals surface area contributed by atoms with Gasteiger partial charge in [-0.15, -0.1) is 0 Å². The van der Waals surface area contributed by atoms with Crippen LogP contribution in [0.25, 0.3) is 0 Å². The van der Waals surface area contributed by atoms with E-state index in [1.807, 2.05) is 0 Å². The van der Waals surface area contributed by atoms with Gasteiger partial charge in [0, 0.05) is 19.7 Å². The molecule has 0 amide bonds. The highest BCUT2D eigenvalue weighted by atomic mass is 19.4. The highest BCUT2D eigenvalue weighted by Crippen LogP contribution is 2.27. The Bertz CT molecular complexity index is 521. The average Bonchev–Trinajstić information content (AvgIpc) is 2.43. The van der Waals surface area contributed by atoms with Crippen molar-refractivity contribution in [3.05, 3.63) is 35.4 Å². The molecule has 1 rings (SSSR count). The number of rotatable bonds is 7. The van der Waals surface area contributed by atoms with Gasteiger partial charge in [0.2, 0.25) is 0 Å². The van der Waals surface area contributed by atoms with Gasteiger partial charge >= 0.3 is 6.18 Å². The Balaban J connectivity index is 3.01. The minimum Gasteiger partial charge on any atom is -0.396 e. The summed E-state index contributed by atoms with van der Waals surface area (Å²) in [6.07, 6.45) is -4.02. The number of nitriles is 1. The number of benzene rings is 1. The van der Waals surface area contributed by atoms with Crippen LogP contribution >= 0.6 is 0 Å². The van der Waals surface area contributed by atoms with E-state index in [4.69, 9.17) is 5.11 Å². The molecule has 0 heterocycles. The Morgan fingerprint density at radius 2 is 1.86 bits per heavy atom. The van der Waals surface area contributed by atoms with Gasteiger partial charge in [-0.2, -0.15) is 18.4 Å². The van der Waals surface area contributed by atoms with Gasteiger partial charge in [0.25, 0.3) is 0 Å². The number of hydrogen-bond donors (Lipinski definition) is 1. The molecule has 6 heteroatoms. The van der Waals surface area contributed by atoms with Crippen LogP contribution in [0, 0.1) is 11.3 Å². The fraction of sp³-hybridized carbons (Fsp3) is 0.562. The lowest BCUT2D eigenvalue weighted by Crippen LogP contribution is -2.35. The molecular formula is C16H21F3N2O. The Labute approximate surface area is 129 Å². The highest BCUT2D eigenvalue weighted by Gasteiger charge is 2.31. The highest BCUT2D eigenvalue weighted by molar-refractivity contribution is 5.37. The molecule has 0 unspecified atom stereocenters. The molecule has 1 N–H and O–H groups in total. The predicted octanol–water partition coefficient (Wildman–Crippen LogP) is 3.23. The zero-order valence-electron chi connectivity index (χ0n) is 12.8. The molecule has 0 radical (unpaired) electrons. The summed E-state index contributed by atoms with van der Waals surface area (Å²) >= 11 is 0. The number of aliphatic hydroxyl groups excluding tert-OH is 1. The van der Waals surface area contributed by atoms with Crippen LogP contribution < -0.4 is 0 Å². The summed E-state index contributed by atoms with van der Waals surface area (Å²) < 4.78 is 38.0. The van der Waals surface area contributed by atoms with Gasteiger partial charge in [-0.3, -0.25) is 4.90 Å². The lowest BCUT2D eigenvalue weighted by molar-refractivity contribution is -0.147. The molecule has 22 heavy (non-hydrogen) atoms. The Morgan fingerprint density at radius 1 is 1.23 bits per heavy atom. The van der Waals surface area contributed by atoms with Crippen molar-refractivity contribution in [3.63, 3.8) is 0 Å². The maximum absolute atomic E-state index is 12.7. The van der Waals surface area contributed by atoms with Gasteiger partial charge in [0.15, 0.2) is 0 Å². The molecule has 1 aromatic carbocycles. The second kappa shape index (κ2) is 7.61. The van der Waals surface area contributed by atoms with Crippen LogP contribution in [0.4, 0.5) is 13.2 Å². The SMILES string of the molecule is CC(C)(C#N)c1ccccc1CN(CCCO)CC(F)(F)F. The van der Waals surface area contributed by atoms with E-state index in [0.717, 1.165) is 5.56 Å². The third-order valence-electron chi connectivity index (χ3n) is 3.40. The van der Waals surface area contributed by atoms with Gasteiger partial charge in [0.1, 0.15) is 0 Å². The molecule has 0 saturated carbocycles. The quantitative estimate of drug-likeness (QED) is 0.840. The molecule has 0 aliphatic carbocycles. The van der Waals surface area contributed by atoms with E-state index in [9.17, 15) is 18.4 Å². The first-order chi connectivity index (χ1) is 10.2. The Hall–Kier alpha value is -1.58. The first-order valence-corrected chi connectivity index (χ1v) is 7.09. The van der Waals surface area contributed by atoms with Crippen molar-refractivity contribution in [1.29, 1.82) is 5.26 Å². The maximum Gasteiger partial charge on any atom is 0.401 e. The van der Waals surface area contributed by atoms with E-state index in [1.165, 1.54) is 4.90 Å². The van der Waals surface area contributed by atoms with Crippen LogP contribution in [0.3, 0.4) is 0 Å². The zero-order valence-corrected chi connectivity index (χ0v) is 12.8. The van der Waals surface area contributed by atoms with E-state index in [1.54, 1.807) is 38.1 Å². The molecule has 1 aromatic rings. The van der Waals surface area contributed by atoms with E-state index >= 15 is 0 Å². The van der Waals surface area contributed by atoms with Gasteiger partial charge < -0.3 is 5.11 Å². The maximum atomic E-state index is 12.7. The van der Waals surface area contributed by atoms with Crippen LogP contribution in [-0.2, 0) is 12.0 Å². The van der Waals surface area contributed by atoms with E-state index in [0.29, 0.717) is 5.56 Å². The molecule has 122 valence electrons. The summed E-state index contributed by atoms with van der Waals surface area (Å²) in [6.45, 7) is 2.55. The molecule has 0 fully saturated rings. The van der Waals surface area contributed by atoms with Crippen LogP contribution in [0.1, 0.15) is 31.4 Å². The van der Waals surface area contributed by atoms with E-state index in [2.05, 4.69) is 6.07 Å². The third kappa shape index (κ3) is 5.66. The minimum absolute atomic E-state index is 0.0980. The number of hydrogen-bond acceptors (Lipinski definition) is 3. The molecule has 0 bridgehead atoms. The number of nitrogens with zero attached hydrogens (tertiary/aromatic N) is 2. The van der Waals surface area contributed by atoms with Crippen LogP contribution in [0.15, 0.2) is 24.3 Å². The fourth-order valence-electron chi connectivity index (χ4n) is 2.33. The van der Waals surface area contributed by atoms with Crippen molar-refractivity contribution in [2.24, 2.45) is 0 Å². The second-order valence-electron chi connectivity index (χ2n) is 5.80. The van der Waals surface area contributed by atoms with E-state index < -0.39 is 18.1 Å². The standard InChI is InChI=1S/C16H21F3N2O/c1-15(2,11-20)14-7-4-3-6-13(14)10-21(8-5-9-22)12-16(17,18)19/h3-4,6-7,22H,5,8-10,12H2,1-2H3. The molecule has 0 aliphatic rings. The van der Waals surface area contributed by atoms with Gasteiger partial charge in [0.05, 0.1) is 18.0 Å². The summed E-state index contributed by atoms with van der Waals surface area (Å²) in [7, 11) is 0. The zero-order chi connectivity index (χ0) is 16.8. The van der Waals surface area contributed by atoms with Crippen molar-refractivity contribution >= 4 is 0 Å². The molecular weight excluding hydrogens is 293 g/mol. The van der Waals surface area contributed by atoms with Crippen LogP contribution in [0.5, 0.6) is 0 Å². The lowest BCUT2D eigenvalue weighted by atomic mass is 9.83. The second-order valence-corrected chi connectivity index (χ2v) is 5.80. The van der Waals surface area contributed by atoms with Crippen molar-refractivity contribution in [2.75, 3.05) is 19.7 Å². The third-order valence-corrected chi connectivity index (χ3v) is 3.40. The predicted molar refractivity (Wildman–Crippen MR) is 78.1 cm³/mol. The number of aliphatic hydroxyl groups is 1. The Kier molecular flexibility index (Phi) is 6.39. The normalized spacial score (nSPS) is 12.5. The van der Waals surface area contributed by atoms with Crippen molar-refractivity contribution in [3.8, 4) is 6.07 Å². The fourth-order valence-corrected chi connectivity index (χ4v) is 2.33. The smallest absolute Gasteiger partial charge is 0.396 e. The number of alkyl halides is 3. The van der Waals surface area contributed by atoms with E-state index in [-0.39, 0.29) is 26.1 Å². The topological polar surface area (TPSA) is 47.3 Å². The molecule has 0 aromatic heterocycles. The molecule has 0 spiro atoms. The van der Waals surface area contributed by atoms with Crippen LogP contribution in [-0.4, -0.2) is 35.9 Å². The summed E-state index contributed by atoms with van der Waals surface area (Å²) in [5.41, 5.74) is 0.669. The first-order valence-electron chi connectivity index (χ1n) is 7.09. The summed E-state index contributed by atoms with van der Waals surface area (Å²) in [5.74, 6) is 0.